The van der Waals surface area contributed by atoms with Crippen molar-refractivity contribution in [1.29, 1.82) is 0 Å². The third kappa shape index (κ3) is 3.05. The van der Waals surface area contributed by atoms with Gasteiger partial charge in [-0.15, -0.1) is 12.8 Å². The molecule has 0 fully saturated rings. The van der Waals surface area contributed by atoms with Crippen LogP contribution < -0.4 is 0 Å². The maximum absolute atomic E-state index is 5.99. The molecule has 0 radical (unpaired) electrons. The number of nitrogens with zero attached hydrogens (tertiary/aromatic N) is 2. The van der Waals surface area contributed by atoms with Crippen molar-refractivity contribution in [1.82, 2.24) is 9.13 Å². The Balaban J connectivity index is 1.90. The summed E-state index contributed by atoms with van der Waals surface area (Å²) in [6.07, 6.45) is 12.0. The van der Waals surface area contributed by atoms with Gasteiger partial charge in [-0.25, -0.2) is 0 Å². The van der Waals surface area contributed by atoms with Gasteiger partial charge in [-0.1, -0.05) is 109 Å². The quantitative estimate of drug-likeness (QED) is 0.222. The molecule has 0 amide bonds. The maximum atomic E-state index is 5.99. The van der Waals surface area contributed by atoms with E-state index in [4.69, 9.17) is 12.8 Å². The average molecular weight is 485 g/mol. The molecule has 0 N–H and O–H groups in total. The lowest BCUT2D eigenvalue weighted by Gasteiger charge is -2.18. The summed E-state index contributed by atoms with van der Waals surface area (Å²) in [6, 6.07) is 38.5. The second-order valence-corrected chi connectivity index (χ2v) is 9.54. The summed E-state index contributed by atoms with van der Waals surface area (Å²) in [4.78, 5) is 0. The van der Waals surface area contributed by atoms with Crippen molar-refractivity contribution in [3.8, 4) is 46.9 Å². The minimum absolute atomic E-state index is 0.471. The third-order valence-electron chi connectivity index (χ3n) is 7.54. The van der Waals surface area contributed by atoms with Crippen LogP contribution in [-0.4, -0.2) is 9.13 Å². The summed E-state index contributed by atoms with van der Waals surface area (Å²) in [5.74, 6) is 5.86. The molecule has 178 valence electrons. The van der Waals surface area contributed by atoms with Crippen LogP contribution in [0.2, 0.25) is 0 Å². The van der Waals surface area contributed by atoms with Crippen molar-refractivity contribution in [2.75, 3.05) is 0 Å². The van der Waals surface area contributed by atoms with E-state index in [0.717, 1.165) is 27.6 Å². The Bertz CT molecular complexity index is 2080. The highest BCUT2D eigenvalue weighted by molar-refractivity contribution is 6.33. The van der Waals surface area contributed by atoms with Gasteiger partial charge >= 0.3 is 0 Å². The van der Waals surface area contributed by atoms with Gasteiger partial charge in [0.05, 0.1) is 35.2 Å². The van der Waals surface area contributed by atoms with Gasteiger partial charge in [-0.2, -0.15) is 0 Å². The number of hydrogen-bond donors (Lipinski definition) is 0. The Morgan fingerprint density at radius 3 is 1.47 bits per heavy atom. The molecule has 5 aromatic carbocycles. The van der Waals surface area contributed by atoms with E-state index in [0.29, 0.717) is 13.1 Å². The Hall–Kier alpha value is -5.18. The van der Waals surface area contributed by atoms with Gasteiger partial charge in [0.1, 0.15) is 0 Å². The number of benzene rings is 5. The summed E-state index contributed by atoms with van der Waals surface area (Å²) in [5.41, 5.74) is 9.28. The zero-order chi connectivity index (χ0) is 25.6. The molecular formula is C36H24N2. The number of fused-ring (bicyclic) bond motifs is 7. The monoisotopic (exact) mass is 484 g/mol. The number of terminal acetylenes is 2. The van der Waals surface area contributed by atoms with Gasteiger partial charge in [-0.05, 0) is 23.3 Å². The Kier molecular flexibility index (Phi) is 5.07. The molecule has 2 nitrogen and oxygen atoms in total. The molecule has 7 rings (SSSR count). The molecule has 2 aromatic heterocycles. The number of aromatic nitrogens is 2. The second-order valence-electron chi connectivity index (χ2n) is 9.54. The first-order chi connectivity index (χ1) is 18.8. The van der Waals surface area contributed by atoms with E-state index in [-0.39, 0.29) is 0 Å². The molecule has 0 aliphatic heterocycles. The van der Waals surface area contributed by atoms with Crippen LogP contribution in [0.5, 0.6) is 0 Å². The van der Waals surface area contributed by atoms with Crippen molar-refractivity contribution in [2.45, 2.75) is 13.1 Å². The highest BCUT2D eigenvalue weighted by Gasteiger charge is 2.27. The standard InChI is InChI=1S/C36H24N2/c1-3-23-37-30-22-14-12-20-28(30)34-35(37)32(26-17-9-6-10-18-26)31(25-15-7-5-8-16-25)33-27-19-11-13-21-29(27)38(24-4-2)36(33)34/h1-2,5-22H,23-24H2. The number of rotatable bonds is 4. The molecule has 2 heteroatoms. The van der Waals surface area contributed by atoms with Crippen LogP contribution in [0.25, 0.3) is 65.9 Å². The van der Waals surface area contributed by atoms with Crippen molar-refractivity contribution in [3.63, 3.8) is 0 Å². The first-order valence-electron chi connectivity index (χ1n) is 12.8. The SMILES string of the molecule is C#CCn1c2ccccc2c2c1c(-c1ccccc1)c(-c1ccccc1)c1c3ccccc3n(CC#C)c12. The highest BCUT2D eigenvalue weighted by Crippen LogP contribution is 2.50. The highest BCUT2D eigenvalue weighted by atomic mass is 15.0. The van der Waals surface area contributed by atoms with Gasteiger partial charge < -0.3 is 9.13 Å². The molecule has 0 atom stereocenters. The van der Waals surface area contributed by atoms with Crippen molar-refractivity contribution in [2.24, 2.45) is 0 Å². The van der Waals surface area contributed by atoms with Gasteiger partial charge in [0.2, 0.25) is 0 Å². The third-order valence-corrected chi connectivity index (χ3v) is 7.54. The van der Waals surface area contributed by atoms with E-state index >= 15 is 0 Å². The lowest BCUT2D eigenvalue weighted by Crippen LogP contribution is -2.00. The summed E-state index contributed by atoms with van der Waals surface area (Å²) < 4.78 is 4.61. The second kappa shape index (κ2) is 8.74. The van der Waals surface area contributed by atoms with Gasteiger partial charge in [0, 0.05) is 32.7 Å². The molecule has 0 aliphatic rings. The molecule has 0 aliphatic carbocycles. The van der Waals surface area contributed by atoms with E-state index < -0.39 is 0 Å². The van der Waals surface area contributed by atoms with Gasteiger partial charge in [0.25, 0.3) is 0 Å². The van der Waals surface area contributed by atoms with Crippen LogP contribution in [-0.2, 0) is 13.1 Å². The molecule has 0 saturated carbocycles. The predicted molar refractivity (Wildman–Crippen MR) is 161 cm³/mol. The van der Waals surface area contributed by atoms with Crippen LogP contribution in [0.15, 0.2) is 109 Å². The summed E-state index contributed by atoms with van der Waals surface area (Å²) in [7, 11) is 0. The Labute approximate surface area is 221 Å². The van der Waals surface area contributed by atoms with Crippen LogP contribution >= 0.6 is 0 Å². The minimum Gasteiger partial charge on any atom is -0.328 e. The number of para-hydroxylation sites is 2. The Morgan fingerprint density at radius 2 is 0.921 bits per heavy atom. The van der Waals surface area contributed by atoms with Crippen LogP contribution in [0.1, 0.15) is 0 Å². The van der Waals surface area contributed by atoms with E-state index in [1.54, 1.807) is 0 Å². The van der Waals surface area contributed by atoms with Crippen molar-refractivity contribution >= 4 is 43.6 Å². The summed E-state index contributed by atoms with van der Waals surface area (Å²) >= 11 is 0. The first-order valence-corrected chi connectivity index (χ1v) is 12.8. The lowest BCUT2D eigenvalue weighted by molar-refractivity contribution is 0.920. The van der Waals surface area contributed by atoms with Crippen LogP contribution in [0.3, 0.4) is 0 Å². The molecule has 38 heavy (non-hydrogen) atoms. The number of hydrogen-bond acceptors (Lipinski definition) is 0. The topological polar surface area (TPSA) is 9.86 Å². The summed E-state index contributed by atoms with van der Waals surface area (Å²) in [6.45, 7) is 0.950. The molecule has 2 heterocycles. The van der Waals surface area contributed by atoms with Crippen LogP contribution in [0.4, 0.5) is 0 Å². The predicted octanol–water partition coefficient (Wildman–Crippen LogP) is 8.50. The zero-order valence-electron chi connectivity index (χ0n) is 20.9. The molecule has 0 saturated heterocycles. The summed E-state index contributed by atoms with van der Waals surface area (Å²) in [5, 5.41) is 4.79. The van der Waals surface area contributed by atoms with Gasteiger partial charge in [0.15, 0.2) is 0 Å². The normalized spacial score (nSPS) is 11.3. The van der Waals surface area contributed by atoms with Crippen LogP contribution in [0, 0.1) is 24.7 Å². The minimum atomic E-state index is 0.471. The molecule has 7 aromatic rings. The first kappa shape index (κ1) is 22.1. The maximum Gasteiger partial charge on any atom is 0.0841 e. The molecule has 0 spiro atoms. The van der Waals surface area contributed by atoms with E-state index in [2.05, 4.69) is 130 Å². The smallest absolute Gasteiger partial charge is 0.0841 e. The fraction of sp³-hybridized carbons (Fsp3) is 0.0556. The van der Waals surface area contributed by atoms with E-state index in [1.807, 2.05) is 0 Å². The van der Waals surface area contributed by atoms with E-state index in [9.17, 15) is 0 Å². The van der Waals surface area contributed by atoms with Crippen molar-refractivity contribution < 1.29 is 0 Å². The fourth-order valence-corrected chi connectivity index (χ4v) is 6.15. The fourth-order valence-electron chi connectivity index (χ4n) is 6.15. The zero-order valence-corrected chi connectivity index (χ0v) is 20.9. The van der Waals surface area contributed by atoms with Crippen molar-refractivity contribution in [3.05, 3.63) is 109 Å². The Morgan fingerprint density at radius 1 is 0.474 bits per heavy atom. The van der Waals surface area contributed by atoms with E-state index in [1.165, 1.54) is 38.2 Å². The molecular weight excluding hydrogens is 460 g/mol. The molecule has 0 unspecified atom stereocenters. The molecule has 0 bridgehead atoms. The largest absolute Gasteiger partial charge is 0.328 e. The van der Waals surface area contributed by atoms with Gasteiger partial charge in [-0.3, -0.25) is 0 Å². The average Bonchev–Trinajstić information content (AvgIpc) is 3.47. The lowest BCUT2D eigenvalue weighted by atomic mass is 9.88.